The fourth-order valence-electron chi connectivity index (χ4n) is 2.30. The lowest BCUT2D eigenvalue weighted by Gasteiger charge is -2.23. The van der Waals surface area contributed by atoms with E-state index in [9.17, 15) is 9.59 Å². The van der Waals surface area contributed by atoms with Gasteiger partial charge in [-0.1, -0.05) is 29.3 Å². The Labute approximate surface area is 168 Å². The molecule has 0 heterocycles. The van der Waals surface area contributed by atoms with E-state index in [1.807, 2.05) is 0 Å². The SMILES string of the molecule is COc1cccc(NC(=O)CN(C)[C@H](C)C(=O)Nc2cc(Cl)ccc2Cl)c1. The van der Waals surface area contributed by atoms with E-state index in [-0.39, 0.29) is 18.4 Å². The van der Waals surface area contributed by atoms with Crippen LogP contribution >= 0.6 is 23.2 Å². The van der Waals surface area contributed by atoms with Crippen molar-refractivity contribution in [1.82, 2.24) is 4.90 Å². The molecule has 144 valence electrons. The van der Waals surface area contributed by atoms with E-state index >= 15 is 0 Å². The third-order valence-corrected chi connectivity index (χ3v) is 4.54. The predicted octanol–water partition coefficient (Wildman–Crippen LogP) is 3.90. The van der Waals surface area contributed by atoms with Crippen molar-refractivity contribution in [1.29, 1.82) is 0 Å². The van der Waals surface area contributed by atoms with Crippen LogP contribution < -0.4 is 15.4 Å². The number of methoxy groups -OCH3 is 1. The highest BCUT2D eigenvalue weighted by atomic mass is 35.5. The zero-order valence-corrected chi connectivity index (χ0v) is 16.8. The van der Waals surface area contributed by atoms with Crippen molar-refractivity contribution in [3.05, 3.63) is 52.5 Å². The van der Waals surface area contributed by atoms with Gasteiger partial charge in [0.25, 0.3) is 0 Å². The topological polar surface area (TPSA) is 70.7 Å². The van der Waals surface area contributed by atoms with Gasteiger partial charge >= 0.3 is 0 Å². The van der Waals surface area contributed by atoms with E-state index in [0.29, 0.717) is 27.2 Å². The molecule has 8 heteroatoms. The van der Waals surface area contributed by atoms with Crippen LogP contribution in [-0.2, 0) is 9.59 Å². The van der Waals surface area contributed by atoms with Crippen molar-refractivity contribution in [2.45, 2.75) is 13.0 Å². The number of nitrogens with zero attached hydrogens (tertiary/aromatic N) is 1. The van der Waals surface area contributed by atoms with Gasteiger partial charge < -0.3 is 15.4 Å². The molecule has 0 aliphatic rings. The lowest BCUT2D eigenvalue weighted by Crippen LogP contribution is -2.43. The second-order valence-electron chi connectivity index (χ2n) is 5.98. The number of carbonyl (C=O) groups excluding carboxylic acids is 2. The monoisotopic (exact) mass is 409 g/mol. The average molecular weight is 410 g/mol. The Morgan fingerprint density at radius 1 is 1.15 bits per heavy atom. The Bertz CT molecular complexity index is 830. The summed E-state index contributed by atoms with van der Waals surface area (Å²) in [5.74, 6) is 0.106. The van der Waals surface area contributed by atoms with Crippen LogP contribution in [0, 0.1) is 0 Å². The number of benzene rings is 2. The molecule has 0 saturated carbocycles. The molecule has 0 aromatic heterocycles. The maximum atomic E-state index is 12.4. The second-order valence-corrected chi connectivity index (χ2v) is 6.83. The summed E-state index contributed by atoms with van der Waals surface area (Å²) in [5.41, 5.74) is 1.05. The van der Waals surface area contributed by atoms with Crippen LogP contribution in [-0.4, -0.2) is 43.5 Å². The number of anilines is 2. The van der Waals surface area contributed by atoms with Crippen LogP contribution in [0.4, 0.5) is 11.4 Å². The third kappa shape index (κ3) is 6.13. The van der Waals surface area contributed by atoms with E-state index in [2.05, 4.69) is 10.6 Å². The van der Waals surface area contributed by atoms with Gasteiger partial charge in [0.15, 0.2) is 0 Å². The van der Waals surface area contributed by atoms with Crippen LogP contribution in [0.2, 0.25) is 10.0 Å². The van der Waals surface area contributed by atoms with Crippen LogP contribution in [0.3, 0.4) is 0 Å². The molecule has 0 radical (unpaired) electrons. The molecule has 2 aromatic rings. The maximum Gasteiger partial charge on any atom is 0.241 e. The highest BCUT2D eigenvalue weighted by Crippen LogP contribution is 2.25. The Morgan fingerprint density at radius 3 is 2.59 bits per heavy atom. The van der Waals surface area contributed by atoms with Gasteiger partial charge in [0.1, 0.15) is 5.75 Å². The molecule has 2 amide bonds. The summed E-state index contributed by atoms with van der Waals surface area (Å²) < 4.78 is 5.13. The van der Waals surface area contributed by atoms with E-state index in [0.717, 1.165) is 0 Å². The number of carbonyl (C=O) groups is 2. The number of ether oxygens (including phenoxy) is 1. The summed E-state index contributed by atoms with van der Waals surface area (Å²) in [6, 6.07) is 11.3. The number of rotatable bonds is 7. The van der Waals surface area contributed by atoms with Crippen LogP contribution in [0.15, 0.2) is 42.5 Å². The zero-order valence-electron chi connectivity index (χ0n) is 15.3. The van der Waals surface area contributed by atoms with Gasteiger partial charge in [0.05, 0.1) is 30.4 Å². The Balaban J connectivity index is 1.93. The summed E-state index contributed by atoms with van der Waals surface area (Å²) in [5, 5.41) is 6.35. The van der Waals surface area contributed by atoms with Crippen LogP contribution in [0.5, 0.6) is 5.75 Å². The van der Waals surface area contributed by atoms with Gasteiger partial charge in [-0.05, 0) is 44.3 Å². The van der Waals surface area contributed by atoms with Crippen LogP contribution in [0.1, 0.15) is 6.92 Å². The first-order valence-electron chi connectivity index (χ1n) is 8.20. The van der Waals surface area contributed by atoms with Crippen molar-refractivity contribution in [3.63, 3.8) is 0 Å². The highest BCUT2D eigenvalue weighted by Gasteiger charge is 2.21. The Kier molecular flexibility index (Phi) is 7.47. The normalized spacial score (nSPS) is 11.8. The van der Waals surface area contributed by atoms with Gasteiger partial charge in [-0.25, -0.2) is 0 Å². The minimum atomic E-state index is -0.559. The first-order valence-corrected chi connectivity index (χ1v) is 8.96. The third-order valence-electron chi connectivity index (χ3n) is 3.97. The van der Waals surface area contributed by atoms with Gasteiger partial charge in [0.2, 0.25) is 11.8 Å². The van der Waals surface area contributed by atoms with Crippen molar-refractivity contribution in [3.8, 4) is 5.75 Å². The average Bonchev–Trinajstić information content (AvgIpc) is 2.63. The standard InChI is InChI=1S/C19H21Cl2N3O3/c1-12(19(26)23-17-9-13(20)7-8-16(17)21)24(2)11-18(25)22-14-5-4-6-15(10-14)27-3/h4-10,12H,11H2,1-3H3,(H,22,25)(H,23,26)/t12-/m1/s1. The minimum Gasteiger partial charge on any atom is -0.497 e. The van der Waals surface area contributed by atoms with E-state index in [1.165, 1.54) is 0 Å². The van der Waals surface area contributed by atoms with Crippen molar-refractivity contribution < 1.29 is 14.3 Å². The fraction of sp³-hybridized carbons (Fsp3) is 0.263. The molecule has 2 N–H and O–H groups in total. The van der Waals surface area contributed by atoms with Crippen LogP contribution in [0.25, 0.3) is 0 Å². The number of amides is 2. The van der Waals surface area contributed by atoms with Gasteiger partial charge in [-0.2, -0.15) is 0 Å². The molecule has 0 aliphatic heterocycles. The maximum absolute atomic E-state index is 12.4. The summed E-state index contributed by atoms with van der Waals surface area (Å²) in [6.45, 7) is 1.74. The highest BCUT2D eigenvalue weighted by molar-refractivity contribution is 6.35. The molecule has 0 aliphatic carbocycles. The predicted molar refractivity (Wildman–Crippen MR) is 109 cm³/mol. The number of halogens is 2. The number of nitrogens with one attached hydrogen (secondary N) is 2. The minimum absolute atomic E-state index is 0.0368. The quantitative estimate of drug-likeness (QED) is 0.727. The zero-order chi connectivity index (χ0) is 20.0. The van der Waals surface area contributed by atoms with Crippen molar-refractivity contribution in [2.24, 2.45) is 0 Å². The molecular formula is C19H21Cl2N3O3. The first-order chi connectivity index (χ1) is 12.8. The molecule has 6 nitrogen and oxygen atoms in total. The van der Waals surface area contributed by atoms with Gasteiger partial charge in [-0.3, -0.25) is 14.5 Å². The molecule has 0 spiro atoms. The summed E-state index contributed by atoms with van der Waals surface area (Å²) in [6.07, 6.45) is 0. The van der Waals surface area contributed by atoms with E-state index in [4.69, 9.17) is 27.9 Å². The molecule has 0 fully saturated rings. The number of hydrogen-bond acceptors (Lipinski definition) is 4. The number of likely N-dealkylation sites (N-methyl/N-ethyl adjacent to an activating group) is 1. The van der Waals surface area contributed by atoms with Gasteiger partial charge in [0, 0.05) is 16.8 Å². The van der Waals surface area contributed by atoms with E-state index in [1.54, 1.807) is 68.4 Å². The summed E-state index contributed by atoms with van der Waals surface area (Å²) in [4.78, 5) is 26.3. The summed E-state index contributed by atoms with van der Waals surface area (Å²) >= 11 is 12.0. The molecular weight excluding hydrogens is 389 g/mol. The largest absolute Gasteiger partial charge is 0.497 e. The fourth-order valence-corrected chi connectivity index (χ4v) is 2.63. The summed E-state index contributed by atoms with van der Waals surface area (Å²) in [7, 11) is 3.25. The molecule has 0 unspecified atom stereocenters. The Hall–Kier alpha value is -2.28. The lowest BCUT2D eigenvalue weighted by molar-refractivity contribution is -0.122. The van der Waals surface area contributed by atoms with E-state index < -0.39 is 6.04 Å². The molecule has 27 heavy (non-hydrogen) atoms. The van der Waals surface area contributed by atoms with Crippen molar-refractivity contribution >= 4 is 46.4 Å². The van der Waals surface area contributed by atoms with Crippen molar-refractivity contribution in [2.75, 3.05) is 31.3 Å². The lowest BCUT2D eigenvalue weighted by atomic mass is 10.2. The molecule has 2 rings (SSSR count). The molecule has 2 aromatic carbocycles. The van der Waals surface area contributed by atoms with Gasteiger partial charge in [-0.15, -0.1) is 0 Å². The molecule has 1 atom stereocenters. The smallest absolute Gasteiger partial charge is 0.241 e. The molecule has 0 saturated heterocycles. The Morgan fingerprint density at radius 2 is 1.89 bits per heavy atom. The number of hydrogen-bond donors (Lipinski definition) is 2. The molecule has 0 bridgehead atoms. The second kappa shape index (κ2) is 9.60. The first kappa shape index (κ1) is 21.0.